The highest BCUT2D eigenvalue weighted by Gasteiger charge is 2.26. The first-order valence-corrected chi connectivity index (χ1v) is 20.6. The lowest BCUT2D eigenvalue weighted by Crippen LogP contribution is -2.45. The standard InChI is InChI=1S/C38H73N2O6P/c1-3-5-7-9-11-13-14-15-16-17-18-19-20-21-22-24-26-28-30-32-38(42)40-36(35-46-47(43,44)45-34-33-39)37(41)31-29-27-25-23-12-10-8-6-4-2/h12,15-16,23,29,31,36-37,41H,3-11,13-14,17-22,24-28,30,32-35,39H2,1-2H3,(H,40,42)(H,43,44)/b16-15-,23-12+,31-29+. The van der Waals surface area contributed by atoms with Crippen LogP contribution in [0.4, 0.5) is 0 Å². The van der Waals surface area contributed by atoms with Crippen molar-refractivity contribution in [1.82, 2.24) is 5.32 Å². The monoisotopic (exact) mass is 685 g/mol. The summed E-state index contributed by atoms with van der Waals surface area (Å²) in [6.45, 7) is 4.04. The Bertz CT molecular complexity index is 835. The number of unbranched alkanes of at least 4 members (excludes halogenated alkanes) is 19. The van der Waals surface area contributed by atoms with Gasteiger partial charge in [0.2, 0.25) is 5.91 Å². The number of aliphatic hydroxyl groups is 1. The van der Waals surface area contributed by atoms with Gasteiger partial charge in [0.1, 0.15) is 0 Å². The van der Waals surface area contributed by atoms with Crippen molar-refractivity contribution in [2.45, 2.75) is 180 Å². The molecule has 0 aliphatic rings. The van der Waals surface area contributed by atoms with Crippen molar-refractivity contribution < 1.29 is 28.4 Å². The van der Waals surface area contributed by atoms with Gasteiger partial charge in [0.25, 0.3) is 0 Å². The number of nitrogens with two attached hydrogens (primary N) is 1. The highest BCUT2D eigenvalue weighted by molar-refractivity contribution is 7.47. The molecule has 3 atom stereocenters. The first-order chi connectivity index (χ1) is 22.9. The maximum Gasteiger partial charge on any atom is 0.472 e. The van der Waals surface area contributed by atoms with Crippen molar-refractivity contribution in [3.8, 4) is 0 Å². The lowest BCUT2D eigenvalue weighted by atomic mass is 10.0. The van der Waals surface area contributed by atoms with Crippen molar-refractivity contribution in [3.63, 3.8) is 0 Å². The maximum atomic E-state index is 12.7. The summed E-state index contributed by atoms with van der Waals surface area (Å²) in [4.78, 5) is 22.5. The third-order valence-electron chi connectivity index (χ3n) is 8.19. The summed E-state index contributed by atoms with van der Waals surface area (Å²) in [5.41, 5.74) is 5.34. The number of phosphoric ester groups is 1. The van der Waals surface area contributed by atoms with Crippen LogP contribution in [0.25, 0.3) is 0 Å². The van der Waals surface area contributed by atoms with Crippen molar-refractivity contribution in [1.29, 1.82) is 0 Å². The summed E-state index contributed by atoms with van der Waals surface area (Å²) in [7, 11) is -4.33. The van der Waals surface area contributed by atoms with Crippen LogP contribution in [0.2, 0.25) is 0 Å². The fourth-order valence-corrected chi connectivity index (χ4v) is 6.02. The Balaban J connectivity index is 4.20. The molecule has 0 aromatic heterocycles. The molecular formula is C38H73N2O6P. The van der Waals surface area contributed by atoms with Gasteiger partial charge in [-0.15, -0.1) is 0 Å². The van der Waals surface area contributed by atoms with Gasteiger partial charge in [-0.1, -0.05) is 140 Å². The van der Waals surface area contributed by atoms with Gasteiger partial charge in [-0.25, -0.2) is 4.57 Å². The summed E-state index contributed by atoms with van der Waals surface area (Å²) >= 11 is 0. The van der Waals surface area contributed by atoms with Crippen LogP contribution in [0.15, 0.2) is 36.5 Å². The quantitative estimate of drug-likeness (QED) is 0.0297. The van der Waals surface area contributed by atoms with Crippen molar-refractivity contribution in [2.75, 3.05) is 19.8 Å². The smallest absolute Gasteiger partial charge is 0.387 e. The minimum atomic E-state index is -4.33. The zero-order valence-electron chi connectivity index (χ0n) is 30.3. The minimum Gasteiger partial charge on any atom is -0.387 e. The second-order valence-corrected chi connectivity index (χ2v) is 14.2. The molecule has 0 aliphatic carbocycles. The predicted molar refractivity (Wildman–Crippen MR) is 198 cm³/mol. The predicted octanol–water partition coefficient (Wildman–Crippen LogP) is 10.00. The Morgan fingerprint density at radius 3 is 1.68 bits per heavy atom. The Labute approximate surface area is 289 Å². The highest BCUT2D eigenvalue weighted by Crippen LogP contribution is 2.43. The van der Waals surface area contributed by atoms with Crippen LogP contribution in [0.3, 0.4) is 0 Å². The molecule has 0 spiro atoms. The van der Waals surface area contributed by atoms with Crippen LogP contribution >= 0.6 is 7.82 Å². The number of phosphoric acid groups is 1. The second-order valence-electron chi connectivity index (χ2n) is 12.8. The Morgan fingerprint density at radius 2 is 1.13 bits per heavy atom. The van der Waals surface area contributed by atoms with Crippen molar-refractivity contribution in [3.05, 3.63) is 36.5 Å². The minimum absolute atomic E-state index is 0.0732. The molecule has 8 nitrogen and oxygen atoms in total. The Hall–Kier alpha value is -1.28. The molecule has 0 rings (SSSR count). The van der Waals surface area contributed by atoms with Gasteiger partial charge in [-0.2, -0.15) is 0 Å². The third kappa shape index (κ3) is 33.0. The molecule has 1 amide bonds. The summed E-state index contributed by atoms with van der Waals surface area (Å²) in [6, 6.07) is -0.874. The van der Waals surface area contributed by atoms with Crippen molar-refractivity contribution >= 4 is 13.7 Å². The molecule has 0 aliphatic heterocycles. The van der Waals surface area contributed by atoms with Gasteiger partial charge in [0.15, 0.2) is 0 Å². The van der Waals surface area contributed by atoms with E-state index in [-0.39, 0.29) is 25.7 Å². The van der Waals surface area contributed by atoms with Gasteiger partial charge in [0, 0.05) is 13.0 Å². The van der Waals surface area contributed by atoms with E-state index in [0.29, 0.717) is 6.42 Å². The number of amides is 1. The molecular weight excluding hydrogens is 611 g/mol. The van der Waals surface area contributed by atoms with E-state index in [4.69, 9.17) is 14.8 Å². The molecule has 0 bridgehead atoms. The SMILES string of the molecule is CCCCC/C=C/CC/C=C/C(O)C(COP(=O)(O)OCCN)NC(=O)CCCCCCCCCCC/C=C\CCCCCCCC. The number of hydrogen-bond donors (Lipinski definition) is 4. The fraction of sp³-hybridized carbons (Fsp3) is 0.816. The van der Waals surface area contributed by atoms with Crippen LogP contribution in [-0.4, -0.2) is 47.8 Å². The topological polar surface area (TPSA) is 131 Å². The molecule has 47 heavy (non-hydrogen) atoms. The normalized spacial score (nSPS) is 14.7. The highest BCUT2D eigenvalue weighted by atomic mass is 31.2. The lowest BCUT2D eigenvalue weighted by Gasteiger charge is -2.23. The molecule has 0 saturated carbocycles. The zero-order valence-corrected chi connectivity index (χ0v) is 31.2. The number of rotatable bonds is 35. The first kappa shape index (κ1) is 45.7. The first-order valence-electron chi connectivity index (χ1n) is 19.1. The lowest BCUT2D eigenvalue weighted by molar-refractivity contribution is -0.123. The van der Waals surface area contributed by atoms with E-state index < -0.39 is 20.0 Å². The van der Waals surface area contributed by atoms with Crippen LogP contribution in [0.5, 0.6) is 0 Å². The number of carbonyl (C=O) groups is 1. The Kier molecular flexibility index (Phi) is 33.6. The number of allylic oxidation sites excluding steroid dienone is 5. The van der Waals surface area contributed by atoms with E-state index in [9.17, 15) is 19.4 Å². The molecule has 276 valence electrons. The van der Waals surface area contributed by atoms with Crippen LogP contribution in [0, 0.1) is 0 Å². The number of nitrogens with one attached hydrogen (secondary N) is 1. The number of aliphatic hydroxyl groups excluding tert-OH is 1. The summed E-state index contributed by atoms with van der Waals surface area (Å²) in [5, 5.41) is 13.5. The largest absolute Gasteiger partial charge is 0.472 e. The summed E-state index contributed by atoms with van der Waals surface area (Å²) < 4.78 is 22.0. The van der Waals surface area contributed by atoms with Gasteiger partial charge >= 0.3 is 7.82 Å². The van der Waals surface area contributed by atoms with Gasteiger partial charge < -0.3 is 21.1 Å². The van der Waals surface area contributed by atoms with Crippen LogP contribution in [-0.2, 0) is 18.4 Å². The maximum absolute atomic E-state index is 12.7. The molecule has 0 radical (unpaired) electrons. The van der Waals surface area contributed by atoms with Gasteiger partial charge in [-0.3, -0.25) is 13.8 Å². The number of carbonyl (C=O) groups excluding carboxylic acids is 1. The summed E-state index contributed by atoms with van der Waals surface area (Å²) in [5.74, 6) is -0.210. The van der Waals surface area contributed by atoms with Crippen LogP contribution in [0.1, 0.15) is 168 Å². The molecule has 9 heteroatoms. The average molecular weight is 685 g/mol. The molecule has 0 fully saturated rings. The van der Waals surface area contributed by atoms with E-state index in [1.165, 1.54) is 109 Å². The average Bonchev–Trinajstić information content (AvgIpc) is 3.05. The van der Waals surface area contributed by atoms with E-state index in [1.54, 1.807) is 6.08 Å². The summed E-state index contributed by atoms with van der Waals surface area (Å²) in [6.07, 6.45) is 39.2. The van der Waals surface area contributed by atoms with Crippen molar-refractivity contribution in [2.24, 2.45) is 5.73 Å². The molecule has 3 unspecified atom stereocenters. The molecule has 0 aromatic rings. The molecule has 5 N–H and O–H groups in total. The zero-order chi connectivity index (χ0) is 34.7. The van der Waals surface area contributed by atoms with Gasteiger partial charge in [0.05, 0.1) is 25.4 Å². The molecule has 0 heterocycles. The fourth-order valence-electron chi connectivity index (χ4n) is 5.26. The Morgan fingerprint density at radius 1 is 0.681 bits per heavy atom. The molecule has 0 aromatic carbocycles. The van der Waals surface area contributed by atoms with E-state index in [1.807, 2.05) is 6.08 Å². The van der Waals surface area contributed by atoms with E-state index in [2.05, 4.69) is 43.5 Å². The van der Waals surface area contributed by atoms with Crippen LogP contribution < -0.4 is 11.1 Å². The van der Waals surface area contributed by atoms with E-state index >= 15 is 0 Å². The van der Waals surface area contributed by atoms with E-state index in [0.717, 1.165) is 38.5 Å². The molecule has 0 saturated heterocycles. The third-order valence-corrected chi connectivity index (χ3v) is 9.17. The second kappa shape index (κ2) is 34.6. The number of hydrogen-bond acceptors (Lipinski definition) is 6. The van der Waals surface area contributed by atoms with Gasteiger partial charge in [-0.05, 0) is 57.8 Å².